The molecule has 11 heteroatoms. The van der Waals surface area contributed by atoms with Gasteiger partial charge in [-0.3, -0.25) is 4.72 Å². The Labute approximate surface area is 175 Å². The summed E-state index contributed by atoms with van der Waals surface area (Å²) in [6, 6.07) is 4.36. The van der Waals surface area contributed by atoms with E-state index in [0.717, 1.165) is 12.8 Å². The van der Waals surface area contributed by atoms with E-state index in [1.54, 1.807) is 18.0 Å². The monoisotopic (exact) mass is 447 g/mol. The van der Waals surface area contributed by atoms with Crippen LogP contribution in [0.15, 0.2) is 29.3 Å². The minimum absolute atomic E-state index is 0.0446. The topological polar surface area (TPSA) is 53.1 Å². The van der Waals surface area contributed by atoms with E-state index < -0.39 is 18.2 Å². The van der Waals surface area contributed by atoms with E-state index >= 15 is 0 Å². The first kappa shape index (κ1) is 22.5. The van der Waals surface area contributed by atoms with Crippen molar-refractivity contribution >= 4 is 29.4 Å². The van der Waals surface area contributed by atoms with Gasteiger partial charge in [-0.15, -0.1) is 0 Å². The summed E-state index contributed by atoms with van der Waals surface area (Å²) >= 11 is 1.17. The second-order valence-electron chi connectivity index (χ2n) is 7.10. The maximum atomic E-state index is 13.5. The average Bonchev–Trinajstić information content (AvgIpc) is 2.68. The summed E-state index contributed by atoms with van der Waals surface area (Å²) in [6.45, 7) is 2.86. The molecule has 164 valence electrons. The van der Waals surface area contributed by atoms with Gasteiger partial charge in [-0.05, 0) is 56.0 Å². The molecule has 1 fully saturated rings. The highest BCUT2D eigenvalue weighted by Crippen LogP contribution is 2.38. The van der Waals surface area contributed by atoms with Gasteiger partial charge >= 0.3 is 6.18 Å². The number of hydrogen-bond donors (Lipinski definition) is 2. The van der Waals surface area contributed by atoms with Crippen LogP contribution >= 0.6 is 11.9 Å². The molecule has 1 aromatic carbocycles. The number of alkyl halides is 5. The number of hydrogen-bond acceptors (Lipinski definition) is 6. The second kappa shape index (κ2) is 9.34. The third-order valence-corrected chi connectivity index (χ3v) is 5.45. The first-order chi connectivity index (χ1) is 14.2. The summed E-state index contributed by atoms with van der Waals surface area (Å²) in [5.74, 6) is -0.159. The highest BCUT2D eigenvalue weighted by atomic mass is 32.2. The molecule has 0 spiro atoms. The van der Waals surface area contributed by atoms with Crippen molar-refractivity contribution in [2.24, 2.45) is 5.92 Å². The predicted octanol–water partition coefficient (Wildman–Crippen LogP) is 5.64. The van der Waals surface area contributed by atoms with Crippen LogP contribution in [0.2, 0.25) is 0 Å². The van der Waals surface area contributed by atoms with Crippen LogP contribution in [0.1, 0.15) is 37.3 Å². The molecule has 1 aromatic heterocycles. The van der Waals surface area contributed by atoms with Gasteiger partial charge in [-0.2, -0.15) is 18.2 Å². The van der Waals surface area contributed by atoms with Crippen molar-refractivity contribution in [2.75, 3.05) is 30.4 Å². The van der Waals surface area contributed by atoms with Gasteiger partial charge in [-0.25, -0.2) is 13.8 Å². The Kier molecular flexibility index (Phi) is 7.02. The number of rotatable bonds is 6. The van der Waals surface area contributed by atoms with Crippen LogP contribution in [0.3, 0.4) is 0 Å². The smallest absolute Gasteiger partial charge is 0.356 e. The molecule has 2 heterocycles. The van der Waals surface area contributed by atoms with Crippen molar-refractivity contribution in [1.29, 1.82) is 0 Å². The van der Waals surface area contributed by atoms with E-state index in [4.69, 9.17) is 0 Å². The minimum atomic E-state index is -4.62. The lowest BCUT2D eigenvalue weighted by Gasteiger charge is -2.33. The van der Waals surface area contributed by atoms with Gasteiger partial charge < -0.3 is 10.2 Å². The summed E-state index contributed by atoms with van der Waals surface area (Å²) < 4.78 is 70.4. The average molecular weight is 447 g/mol. The largest absolute Gasteiger partial charge is 0.421 e. The molecule has 1 saturated heterocycles. The number of aromatic nitrogens is 2. The van der Waals surface area contributed by atoms with E-state index in [0.29, 0.717) is 24.2 Å². The van der Waals surface area contributed by atoms with Crippen LogP contribution in [0.5, 0.6) is 0 Å². The fourth-order valence-corrected chi connectivity index (χ4v) is 3.95. The molecule has 1 aliphatic rings. The molecule has 2 N–H and O–H groups in total. The number of halogens is 5. The third-order valence-electron chi connectivity index (χ3n) is 4.76. The molecule has 0 bridgehead atoms. The number of piperidine rings is 1. The first-order valence-electron chi connectivity index (χ1n) is 9.41. The number of anilines is 3. The number of nitrogens with one attached hydrogen (secondary N) is 2. The van der Waals surface area contributed by atoms with Crippen molar-refractivity contribution in [3.05, 3.63) is 35.5 Å². The lowest BCUT2D eigenvalue weighted by molar-refractivity contribution is -0.137. The summed E-state index contributed by atoms with van der Waals surface area (Å²) in [5.41, 5.74) is -1.17. The molecule has 3 rings (SSSR count). The lowest BCUT2D eigenvalue weighted by Crippen LogP contribution is -2.36. The zero-order valence-electron chi connectivity index (χ0n) is 16.4. The van der Waals surface area contributed by atoms with Crippen LogP contribution in [-0.2, 0) is 6.18 Å². The summed E-state index contributed by atoms with van der Waals surface area (Å²) in [6.07, 6.45) is -5.00. The molecule has 0 radical (unpaired) electrons. The van der Waals surface area contributed by atoms with E-state index in [-0.39, 0.29) is 28.9 Å². The lowest BCUT2D eigenvalue weighted by atomic mass is 10.00. The van der Waals surface area contributed by atoms with Crippen molar-refractivity contribution in [3.8, 4) is 0 Å². The molecule has 0 amide bonds. The molecule has 2 aromatic rings. The van der Waals surface area contributed by atoms with Crippen molar-refractivity contribution in [1.82, 2.24) is 14.7 Å². The molecule has 5 nitrogen and oxygen atoms in total. The first-order valence-corrected chi connectivity index (χ1v) is 10.2. The zero-order chi connectivity index (χ0) is 21.9. The van der Waals surface area contributed by atoms with Crippen molar-refractivity contribution in [3.63, 3.8) is 0 Å². The van der Waals surface area contributed by atoms with Gasteiger partial charge in [0.2, 0.25) is 5.95 Å². The number of benzene rings is 1. The summed E-state index contributed by atoms with van der Waals surface area (Å²) in [5, 5.41) is 2.67. The van der Waals surface area contributed by atoms with Crippen molar-refractivity contribution < 1.29 is 22.0 Å². The van der Waals surface area contributed by atoms with E-state index in [9.17, 15) is 22.0 Å². The highest BCUT2D eigenvalue weighted by molar-refractivity contribution is 7.97. The Morgan fingerprint density at radius 1 is 1.27 bits per heavy atom. The molecule has 0 aliphatic carbocycles. The molecular formula is C19H22F5N5S. The SMILES string of the molecule is CNSc1ccc(Nc2ncc(C(F)(F)F)c(N3CCCC(C)C3)n2)c(C(F)F)c1. The quantitative estimate of drug-likeness (QED) is 0.442. The zero-order valence-corrected chi connectivity index (χ0v) is 17.2. The second-order valence-corrected chi connectivity index (χ2v) is 8.19. The van der Waals surface area contributed by atoms with E-state index in [2.05, 4.69) is 20.0 Å². The molecule has 1 atom stereocenters. The Bertz CT molecular complexity index is 877. The molecule has 30 heavy (non-hydrogen) atoms. The summed E-state index contributed by atoms with van der Waals surface area (Å²) in [4.78, 5) is 9.98. The molecule has 1 unspecified atom stereocenters. The van der Waals surface area contributed by atoms with Crippen LogP contribution in [0.4, 0.5) is 39.4 Å². The number of nitrogens with zero attached hydrogens (tertiary/aromatic N) is 3. The Hall–Kier alpha value is -2.14. The Morgan fingerprint density at radius 2 is 2.03 bits per heavy atom. The van der Waals surface area contributed by atoms with Gasteiger partial charge in [0.1, 0.15) is 11.4 Å². The molecule has 1 aliphatic heterocycles. The van der Waals surface area contributed by atoms with Gasteiger partial charge in [-0.1, -0.05) is 6.92 Å². The van der Waals surface area contributed by atoms with Crippen LogP contribution in [0, 0.1) is 5.92 Å². The van der Waals surface area contributed by atoms with Gasteiger partial charge in [0.15, 0.2) is 0 Å². The minimum Gasteiger partial charge on any atom is -0.356 e. The van der Waals surface area contributed by atoms with E-state index in [1.807, 2.05) is 6.92 Å². The van der Waals surface area contributed by atoms with Gasteiger partial charge in [0, 0.05) is 35.4 Å². The Morgan fingerprint density at radius 3 is 2.67 bits per heavy atom. The highest BCUT2D eigenvalue weighted by Gasteiger charge is 2.37. The van der Waals surface area contributed by atoms with E-state index in [1.165, 1.54) is 24.1 Å². The fourth-order valence-electron chi connectivity index (χ4n) is 3.39. The van der Waals surface area contributed by atoms with Gasteiger partial charge in [0.05, 0.1) is 0 Å². The molecule has 0 saturated carbocycles. The Balaban J connectivity index is 1.96. The maximum Gasteiger partial charge on any atom is 0.421 e. The predicted molar refractivity (Wildman–Crippen MR) is 107 cm³/mol. The van der Waals surface area contributed by atoms with Crippen LogP contribution in [0.25, 0.3) is 0 Å². The normalized spacial score (nSPS) is 17.5. The van der Waals surface area contributed by atoms with Crippen LogP contribution in [-0.4, -0.2) is 30.1 Å². The standard InChI is InChI=1S/C19H22F5N5S/c1-11-4-3-7-29(10-11)17-14(19(22,23)24)9-26-18(28-17)27-15-6-5-12(30-25-2)8-13(15)16(20)21/h5-6,8-9,11,16,25H,3-4,7,10H2,1-2H3,(H,26,27,28). The summed E-state index contributed by atoms with van der Waals surface area (Å²) in [7, 11) is 1.66. The van der Waals surface area contributed by atoms with Crippen LogP contribution < -0.4 is 14.9 Å². The third kappa shape index (κ3) is 5.31. The van der Waals surface area contributed by atoms with Gasteiger partial charge in [0.25, 0.3) is 6.43 Å². The maximum absolute atomic E-state index is 13.5. The van der Waals surface area contributed by atoms with Crippen molar-refractivity contribution in [2.45, 2.75) is 37.3 Å². The fraction of sp³-hybridized carbons (Fsp3) is 0.474. The molecular weight excluding hydrogens is 425 g/mol.